The molecule has 1 aromatic heterocycles. The number of imide groups is 1. The van der Waals surface area contributed by atoms with Crippen LogP contribution in [0.2, 0.25) is 0 Å². The zero-order valence-corrected chi connectivity index (χ0v) is 16.2. The van der Waals surface area contributed by atoms with Gasteiger partial charge in [0.2, 0.25) is 0 Å². The maximum atomic E-state index is 13.0. The standard InChI is InChI=1S/C23H20N2O4/c1-15(16-7-4-3-5-8-16)24(2)21(26)17-10-11-19-20(13-17)23(28)25(22(19)27)14-18-9-6-12-29-18/h3-13,15H,14H2,1-2H3/t15-/m0/s1. The molecule has 0 aliphatic carbocycles. The Bertz CT molecular complexity index is 1070. The van der Waals surface area contributed by atoms with Crippen molar-refractivity contribution in [3.63, 3.8) is 0 Å². The van der Waals surface area contributed by atoms with Gasteiger partial charge in [-0.2, -0.15) is 0 Å². The first-order valence-corrected chi connectivity index (χ1v) is 9.32. The Labute approximate surface area is 168 Å². The molecule has 0 radical (unpaired) electrons. The fourth-order valence-electron chi connectivity index (χ4n) is 3.46. The van der Waals surface area contributed by atoms with Crippen molar-refractivity contribution in [1.29, 1.82) is 0 Å². The fourth-order valence-corrected chi connectivity index (χ4v) is 3.46. The highest BCUT2D eigenvalue weighted by Crippen LogP contribution is 2.27. The monoisotopic (exact) mass is 388 g/mol. The molecule has 0 unspecified atom stereocenters. The summed E-state index contributed by atoms with van der Waals surface area (Å²) in [5.41, 5.74) is 1.93. The van der Waals surface area contributed by atoms with E-state index in [0.717, 1.165) is 10.5 Å². The van der Waals surface area contributed by atoms with Crippen LogP contribution < -0.4 is 0 Å². The van der Waals surface area contributed by atoms with Gasteiger partial charge < -0.3 is 9.32 Å². The van der Waals surface area contributed by atoms with Crippen molar-refractivity contribution < 1.29 is 18.8 Å². The molecule has 1 aliphatic heterocycles. The second-order valence-electron chi connectivity index (χ2n) is 7.04. The molecule has 3 aromatic rings. The van der Waals surface area contributed by atoms with E-state index in [2.05, 4.69) is 0 Å². The Morgan fingerprint density at radius 1 is 1.00 bits per heavy atom. The molecular formula is C23H20N2O4. The summed E-state index contributed by atoms with van der Waals surface area (Å²) in [4.78, 5) is 41.1. The van der Waals surface area contributed by atoms with Crippen LogP contribution in [0.15, 0.2) is 71.3 Å². The number of amides is 3. The smallest absolute Gasteiger partial charge is 0.261 e. The van der Waals surface area contributed by atoms with Crippen molar-refractivity contribution in [3.8, 4) is 0 Å². The van der Waals surface area contributed by atoms with Gasteiger partial charge in [0, 0.05) is 12.6 Å². The summed E-state index contributed by atoms with van der Waals surface area (Å²) < 4.78 is 5.25. The van der Waals surface area contributed by atoms with Gasteiger partial charge in [0.25, 0.3) is 17.7 Å². The van der Waals surface area contributed by atoms with E-state index < -0.39 is 5.91 Å². The quantitative estimate of drug-likeness (QED) is 0.622. The molecule has 6 nitrogen and oxygen atoms in total. The highest BCUT2D eigenvalue weighted by atomic mass is 16.3. The molecule has 6 heteroatoms. The summed E-state index contributed by atoms with van der Waals surface area (Å²) in [6.07, 6.45) is 1.49. The summed E-state index contributed by atoms with van der Waals surface area (Å²) in [7, 11) is 1.73. The lowest BCUT2D eigenvalue weighted by Crippen LogP contribution is -2.30. The predicted octanol–water partition coefficient (Wildman–Crippen LogP) is 3.91. The van der Waals surface area contributed by atoms with Crippen LogP contribution in [-0.4, -0.2) is 34.6 Å². The molecule has 0 spiro atoms. The van der Waals surface area contributed by atoms with Crippen LogP contribution in [0.5, 0.6) is 0 Å². The van der Waals surface area contributed by atoms with Gasteiger partial charge in [0.15, 0.2) is 0 Å². The third-order valence-electron chi connectivity index (χ3n) is 5.29. The highest BCUT2D eigenvalue weighted by Gasteiger charge is 2.36. The number of fused-ring (bicyclic) bond motifs is 1. The second kappa shape index (κ2) is 7.39. The van der Waals surface area contributed by atoms with Crippen LogP contribution in [0, 0.1) is 0 Å². The molecule has 2 heterocycles. The van der Waals surface area contributed by atoms with E-state index in [1.807, 2.05) is 37.3 Å². The van der Waals surface area contributed by atoms with Crippen LogP contribution in [-0.2, 0) is 6.54 Å². The van der Waals surface area contributed by atoms with Crippen LogP contribution in [0.25, 0.3) is 0 Å². The van der Waals surface area contributed by atoms with Gasteiger partial charge in [-0.3, -0.25) is 19.3 Å². The lowest BCUT2D eigenvalue weighted by atomic mass is 10.0. The molecule has 0 saturated carbocycles. The molecule has 4 rings (SSSR count). The number of rotatable bonds is 5. The molecular weight excluding hydrogens is 368 g/mol. The van der Waals surface area contributed by atoms with E-state index in [-0.39, 0.29) is 30.0 Å². The Morgan fingerprint density at radius 3 is 2.41 bits per heavy atom. The Hall–Kier alpha value is -3.67. The first-order valence-electron chi connectivity index (χ1n) is 9.32. The SMILES string of the molecule is C[C@@H](c1ccccc1)N(C)C(=O)c1ccc2c(c1)C(=O)N(Cc1ccco1)C2=O. The number of benzene rings is 2. The average Bonchev–Trinajstić information content (AvgIpc) is 3.35. The van der Waals surface area contributed by atoms with Gasteiger partial charge in [-0.1, -0.05) is 30.3 Å². The molecule has 1 atom stereocenters. The zero-order valence-electron chi connectivity index (χ0n) is 16.2. The van der Waals surface area contributed by atoms with Crippen LogP contribution in [0.3, 0.4) is 0 Å². The van der Waals surface area contributed by atoms with E-state index in [0.29, 0.717) is 16.9 Å². The molecule has 1 aliphatic rings. The predicted molar refractivity (Wildman–Crippen MR) is 106 cm³/mol. The third kappa shape index (κ3) is 3.33. The molecule has 0 bridgehead atoms. The lowest BCUT2D eigenvalue weighted by molar-refractivity contribution is 0.0631. The van der Waals surface area contributed by atoms with Crippen LogP contribution in [0.4, 0.5) is 0 Å². The summed E-state index contributed by atoms with van der Waals surface area (Å²) in [6.45, 7) is 2.01. The number of carbonyl (C=O) groups excluding carboxylic acids is 3. The van der Waals surface area contributed by atoms with E-state index in [9.17, 15) is 14.4 Å². The minimum absolute atomic E-state index is 0.0631. The van der Waals surface area contributed by atoms with Crippen molar-refractivity contribution >= 4 is 17.7 Å². The second-order valence-corrected chi connectivity index (χ2v) is 7.04. The maximum Gasteiger partial charge on any atom is 0.261 e. The molecule has 29 heavy (non-hydrogen) atoms. The summed E-state index contributed by atoms with van der Waals surface area (Å²) in [6, 6.07) is 17.6. The van der Waals surface area contributed by atoms with E-state index >= 15 is 0 Å². The van der Waals surface area contributed by atoms with Crippen LogP contribution in [0.1, 0.15) is 55.4 Å². The minimum Gasteiger partial charge on any atom is -0.467 e. The molecule has 3 amide bonds. The minimum atomic E-state index is -0.421. The summed E-state index contributed by atoms with van der Waals surface area (Å²) in [5.74, 6) is -0.498. The van der Waals surface area contributed by atoms with Gasteiger partial charge in [0.1, 0.15) is 5.76 Å². The first-order chi connectivity index (χ1) is 14.0. The highest BCUT2D eigenvalue weighted by molar-refractivity contribution is 6.22. The van der Waals surface area contributed by atoms with Gasteiger partial charge in [-0.15, -0.1) is 0 Å². The van der Waals surface area contributed by atoms with E-state index in [1.54, 1.807) is 36.2 Å². The average molecular weight is 388 g/mol. The van der Waals surface area contributed by atoms with Gasteiger partial charge in [-0.05, 0) is 42.8 Å². The number of nitrogens with zero attached hydrogens (tertiary/aromatic N) is 2. The normalized spacial score (nSPS) is 14.1. The fraction of sp³-hybridized carbons (Fsp3) is 0.174. The number of furan rings is 1. The van der Waals surface area contributed by atoms with Crippen molar-refractivity contribution in [2.75, 3.05) is 7.05 Å². The number of hydrogen-bond donors (Lipinski definition) is 0. The zero-order chi connectivity index (χ0) is 20.5. The first kappa shape index (κ1) is 18.7. The number of hydrogen-bond acceptors (Lipinski definition) is 4. The largest absolute Gasteiger partial charge is 0.467 e. The Balaban J connectivity index is 1.58. The maximum absolute atomic E-state index is 13.0. The molecule has 146 valence electrons. The molecule has 0 saturated heterocycles. The van der Waals surface area contributed by atoms with E-state index in [1.165, 1.54) is 12.3 Å². The van der Waals surface area contributed by atoms with Crippen LogP contribution >= 0.6 is 0 Å². The van der Waals surface area contributed by atoms with Crippen molar-refractivity contribution in [3.05, 3.63) is 94.9 Å². The molecule has 0 fully saturated rings. The lowest BCUT2D eigenvalue weighted by Gasteiger charge is -2.25. The number of carbonyl (C=O) groups is 3. The Morgan fingerprint density at radius 2 is 1.72 bits per heavy atom. The summed E-state index contributed by atoms with van der Waals surface area (Å²) in [5, 5.41) is 0. The molecule has 2 aromatic carbocycles. The summed E-state index contributed by atoms with van der Waals surface area (Å²) >= 11 is 0. The third-order valence-corrected chi connectivity index (χ3v) is 5.29. The van der Waals surface area contributed by atoms with Crippen molar-refractivity contribution in [2.45, 2.75) is 19.5 Å². The topological polar surface area (TPSA) is 70.8 Å². The van der Waals surface area contributed by atoms with E-state index in [4.69, 9.17) is 4.42 Å². The molecule has 0 N–H and O–H groups in total. The van der Waals surface area contributed by atoms with Crippen molar-refractivity contribution in [2.24, 2.45) is 0 Å². The Kier molecular flexibility index (Phi) is 4.76. The van der Waals surface area contributed by atoms with Gasteiger partial charge >= 0.3 is 0 Å². The van der Waals surface area contributed by atoms with Crippen molar-refractivity contribution in [1.82, 2.24) is 9.80 Å². The van der Waals surface area contributed by atoms with Gasteiger partial charge in [-0.25, -0.2) is 0 Å². The van der Waals surface area contributed by atoms with Gasteiger partial charge in [0.05, 0.1) is 30.0 Å².